The highest BCUT2D eigenvalue weighted by atomic mass is 16.5. The molecule has 152 valence electrons. The standard InChI is InChI=1S/C27H21NO3/c1-30-26-16-22-21-9-5-6-10-24(21)31-25(22)17-23(26)28-27(29)15-18-11-13-20(14-12-18)19-7-3-2-4-8-19/h2-14,16-17H,15H2,1H3,(H,28,29). The first-order valence-corrected chi connectivity index (χ1v) is 10.1. The predicted molar refractivity (Wildman–Crippen MR) is 124 cm³/mol. The van der Waals surface area contributed by atoms with Crippen LogP contribution in [0.5, 0.6) is 5.75 Å². The van der Waals surface area contributed by atoms with Crippen molar-refractivity contribution in [2.24, 2.45) is 0 Å². The Bertz CT molecular complexity index is 1370. The third-order valence-electron chi connectivity index (χ3n) is 5.40. The van der Waals surface area contributed by atoms with Crippen LogP contribution in [0.4, 0.5) is 5.69 Å². The van der Waals surface area contributed by atoms with E-state index in [9.17, 15) is 4.79 Å². The number of hydrogen-bond donors (Lipinski definition) is 1. The number of benzene rings is 4. The molecule has 0 spiro atoms. The van der Waals surface area contributed by atoms with E-state index in [1.165, 1.54) is 0 Å². The maximum Gasteiger partial charge on any atom is 0.228 e. The van der Waals surface area contributed by atoms with Gasteiger partial charge in [0.25, 0.3) is 0 Å². The number of ether oxygens (including phenoxy) is 1. The van der Waals surface area contributed by atoms with Gasteiger partial charge in [-0.05, 0) is 28.8 Å². The summed E-state index contributed by atoms with van der Waals surface area (Å²) in [6.07, 6.45) is 0.274. The minimum atomic E-state index is -0.110. The van der Waals surface area contributed by atoms with Gasteiger partial charge in [-0.1, -0.05) is 72.8 Å². The average Bonchev–Trinajstić information content (AvgIpc) is 3.17. The highest BCUT2D eigenvalue weighted by Gasteiger charge is 2.14. The fraction of sp³-hybridized carbons (Fsp3) is 0.0741. The molecule has 1 aromatic heterocycles. The van der Waals surface area contributed by atoms with Crippen LogP contribution in [0.1, 0.15) is 5.56 Å². The van der Waals surface area contributed by atoms with E-state index in [1.807, 2.05) is 78.9 Å². The first-order chi connectivity index (χ1) is 15.2. The van der Waals surface area contributed by atoms with Gasteiger partial charge in [0.15, 0.2) is 0 Å². The van der Waals surface area contributed by atoms with Crippen molar-refractivity contribution >= 4 is 33.5 Å². The monoisotopic (exact) mass is 407 g/mol. The van der Waals surface area contributed by atoms with E-state index in [0.29, 0.717) is 17.0 Å². The molecule has 0 atom stereocenters. The van der Waals surface area contributed by atoms with Crippen LogP contribution in [0.15, 0.2) is 95.4 Å². The summed E-state index contributed by atoms with van der Waals surface area (Å²) in [4.78, 5) is 12.7. The molecule has 5 rings (SSSR count). The van der Waals surface area contributed by atoms with Gasteiger partial charge < -0.3 is 14.5 Å². The molecule has 0 aliphatic rings. The minimum Gasteiger partial charge on any atom is -0.495 e. The molecule has 1 amide bonds. The van der Waals surface area contributed by atoms with Crippen LogP contribution in [-0.2, 0) is 11.2 Å². The number of amides is 1. The van der Waals surface area contributed by atoms with Crippen molar-refractivity contribution in [1.29, 1.82) is 0 Å². The van der Waals surface area contributed by atoms with Gasteiger partial charge in [-0.25, -0.2) is 0 Å². The Morgan fingerprint density at radius 1 is 0.806 bits per heavy atom. The maximum absolute atomic E-state index is 12.7. The van der Waals surface area contributed by atoms with E-state index in [1.54, 1.807) is 7.11 Å². The fourth-order valence-corrected chi connectivity index (χ4v) is 3.84. The number of hydrogen-bond acceptors (Lipinski definition) is 3. The average molecular weight is 407 g/mol. The quantitative estimate of drug-likeness (QED) is 0.365. The molecule has 1 N–H and O–H groups in total. The Labute approximate surface area is 180 Å². The summed E-state index contributed by atoms with van der Waals surface area (Å²) in [5, 5.41) is 4.95. The van der Waals surface area contributed by atoms with E-state index >= 15 is 0 Å². The van der Waals surface area contributed by atoms with Crippen LogP contribution in [0.25, 0.3) is 33.1 Å². The van der Waals surface area contributed by atoms with E-state index in [-0.39, 0.29) is 12.3 Å². The van der Waals surface area contributed by atoms with Crippen molar-refractivity contribution in [2.45, 2.75) is 6.42 Å². The third kappa shape index (κ3) is 3.76. The molecule has 1 heterocycles. The van der Waals surface area contributed by atoms with E-state index < -0.39 is 0 Å². The summed E-state index contributed by atoms with van der Waals surface area (Å²) in [5.74, 6) is 0.494. The molecule has 4 heteroatoms. The summed E-state index contributed by atoms with van der Waals surface area (Å²) < 4.78 is 11.5. The van der Waals surface area contributed by atoms with Crippen molar-refractivity contribution in [2.75, 3.05) is 12.4 Å². The second kappa shape index (κ2) is 8.00. The Kier molecular flexibility index (Phi) is 4.89. The normalized spacial score (nSPS) is 11.0. The number of anilines is 1. The summed E-state index contributed by atoms with van der Waals surface area (Å²) in [6.45, 7) is 0. The van der Waals surface area contributed by atoms with Crippen molar-refractivity contribution in [3.05, 3.63) is 96.6 Å². The lowest BCUT2D eigenvalue weighted by Gasteiger charge is -2.11. The zero-order valence-corrected chi connectivity index (χ0v) is 17.1. The molecule has 4 aromatic carbocycles. The number of nitrogens with one attached hydrogen (secondary N) is 1. The lowest BCUT2D eigenvalue weighted by molar-refractivity contribution is -0.115. The number of carbonyl (C=O) groups is 1. The lowest BCUT2D eigenvalue weighted by atomic mass is 10.0. The van der Waals surface area contributed by atoms with Gasteiger partial charge >= 0.3 is 0 Å². The minimum absolute atomic E-state index is 0.110. The maximum atomic E-state index is 12.7. The molecule has 0 fully saturated rings. The first kappa shape index (κ1) is 18.9. The molecular formula is C27H21NO3. The van der Waals surface area contributed by atoms with Crippen LogP contribution in [0.3, 0.4) is 0 Å². The smallest absolute Gasteiger partial charge is 0.228 e. The van der Waals surface area contributed by atoms with Crippen LogP contribution < -0.4 is 10.1 Å². The van der Waals surface area contributed by atoms with Gasteiger partial charge in [-0.2, -0.15) is 0 Å². The molecule has 0 saturated carbocycles. The lowest BCUT2D eigenvalue weighted by Crippen LogP contribution is -2.15. The Morgan fingerprint density at radius 3 is 2.29 bits per heavy atom. The molecule has 0 aliphatic heterocycles. The Hall–Kier alpha value is -4.05. The number of methoxy groups -OCH3 is 1. The number of carbonyl (C=O) groups excluding carboxylic acids is 1. The van der Waals surface area contributed by atoms with Gasteiger partial charge in [-0.15, -0.1) is 0 Å². The van der Waals surface area contributed by atoms with Crippen molar-refractivity contribution < 1.29 is 13.9 Å². The molecule has 5 aromatic rings. The van der Waals surface area contributed by atoms with Crippen LogP contribution in [0, 0.1) is 0 Å². The molecule has 0 unspecified atom stereocenters. The number of fused-ring (bicyclic) bond motifs is 3. The second-order valence-corrected chi connectivity index (χ2v) is 7.43. The summed E-state index contributed by atoms with van der Waals surface area (Å²) in [6, 6.07) is 29.8. The zero-order chi connectivity index (χ0) is 21.2. The van der Waals surface area contributed by atoms with E-state index in [4.69, 9.17) is 9.15 Å². The topological polar surface area (TPSA) is 51.5 Å². The second-order valence-electron chi connectivity index (χ2n) is 7.43. The van der Waals surface area contributed by atoms with Gasteiger partial charge in [0.1, 0.15) is 16.9 Å². The van der Waals surface area contributed by atoms with Crippen molar-refractivity contribution in [1.82, 2.24) is 0 Å². The van der Waals surface area contributed by atoms with E-state index in [0.717, 1.165) is 33.0 Å². The van der Waals surface area contributed by atoms with Crippen molar-refractivity contribution in [3.63, 3.8) is 0 Å². The van der Waals surface area contributed by atoms with E-state index in [2.05, 4.69) is 17.4 Å². The van der Waals surface area contributed by atoms with Gasteiger partial charge in [0.2, 0.25) is 5.91 Å². The summed E-state index contributed by atoms with van der Waals surface area (Å²) in [7, 11) is 1.60. The molecule has 0 radical (unpaired) electrons. The summed E-state index contributed by atoms with van der Waals surface area (Å²) in [5.41, 5.74) is 5.34. The fourth-order valence-electron chi connectivity index (χ4n) is 3.84. The first-order valence-electron chi connectivity index (χ1n) is 10.1. The number of para-hydroxylation sites is 1. The SMILES string of the molecule is COc1cc2c(cc1NC(=O)Cc1ccc(-c3ccccc3)cc1)oc1ccccc12. The van der Waals surface area contributed by atoms with Crippen molar-refractivity contribution in [3.8, 4) is 16.9 Å². The summed E-state index contributed by atoms with van der Waals surface area (Å²) >= 11 is 0. The molecule has 0 saturated heterocycles. The highest BCUT2D eigenvalue weighted by Crippen LogP contribution is 2.36. The number of furan rings is 1. The molecule has 31 heavy (non-hydrogen) atoms. The predicted octanol–water partition coefficient (Wildman–Crippen LogP) is 6.44. The zero-order valence-electron chi connectivity index (χ0n) is 17.1. The number of rotatable bonds is 5. The Morgan fingerprint density at radius 2 is 1.52 bits per heavy atom. The van der Waals surface area contributed by atoms with Crippen LogP contribution in [0.2, 0.25) is 0 Å². The van der Waals surface area contributed by atoms with Gasteiger partial charge in [0.05, 0.1) is 19.2 Å². The molecule has 4 nitrogen and oxygen atoms in total. The third-order valence-corrected chi connectivity index (χ3v) is 5.40. The molecular weight excluding hydrogens is 386 g/mol. The van der Waals surface area contributed by atoms with Crippen LogP contribution in [-0.4, -0.2) is 13.0 Å². The van der Waals surface area contributed by atoms with Gasteiger partial charge in [-0.3, -0.25) is 4.79 Å². The Balaban J connectivity index is 1.36. The molecule has 0 aliphatic carbocycles. The highest BCUT2D eigenvalue weighted by molar-refractivity contribution is 6.07. The van der Waals surface area contributed by atoms with Crippen LogP contribution >= 0.6 is 0 Å². The molecule has 0 bridgehead atoms. The van der Waals surface area contributed by atoms with Gasteiger partial charge in [0, 0.05) is 16.8 Å². The largest absolute Gasteiger partial charge is 0.495 e.